The minimum absolute atomic E-state index is 0.0334. The molecule has 0 spiro atoms. The molecule has 2 aromatic rings. The number of benzene rings is 1. The van der Waals surface area contributed by atoms with Crippen molar-refractivity contribution in [2.45, 2.75) is 12.5 Å². The maximum Gasteiger partial charge on any atom is 0.282 e. The third kappa shape index (κ3) is 3.14. The second-order valence-electron chi connectivity index (χ2n) is 7.47. The normalized spacial score (nSPS) is 24.9. The number of nitrogens with one attached hydrogen (secondary N) is 1. The monoisotopic (exact) mass is 429 g/mol. The van der Waals surface area contributed by atoms with Crippen LogP contribution in [0.25, 0.3) is 0 Å². The van der Waals surface area contributed by atoms with Crippen molar-refractivity contribution in [3.63, 3.8) is 0 Å². The van der Waals surface area contributed by atoms with Gasteiger partial charge in [-0.05, 0) is 24.3 Å². The molecular formula is C20H17ClFN5O3. The van der Waals surface area contributed by atoms with Crippen LogP contribution in [0.1, 0.15) is 28.5 Å². The molecule has 3 heterocycles. The van der Waals surface area contributed by atoms with E-state index < -0.39 is 22.7 Å². The SMILES string of the molecule is C[C@@]12COC[C@]1(c1cc(NC(=O)c3ncc(C#N)cc3Cl)ccc1F)N=C(N)OC2. The largest absolute Gasteiger partial charge is 0.465 e. The summed E-state index contributed by atoms with van der Waals surface area (Å²) in [4.78, 5) is 21.0. The van der Waals surface area contributed by atoms with Gasteiger partial charge in [0.1, 0.15) is 29.7 Å². The van der Waals surface area contributed by atoms with Gasteiger partial charge in [0.25, 0.3) is 11.9 Å². The van der Waals surface area contributed by atoms with Gasteiger partial charge in [0, 0.05) is 17.4 Å². The molecule has 1 aromatic carbocycles. The number of carbonyl (C=O) groups excluding carboxylic acids is 1. The number of hydrogen-bond acceptors (Lipinski definition) is 7. The first-order chi connectivity index (χ1) is 14.3. The highest BCUT2D eigenvalue weighted by molar-refractivity contribution is 6.34. The summed E-state index contributed by atoms with van der Waals surface area (Å²) in [6.07, 6.45) is 1.25. The Labute approximate surface area is 176 Å². The average molecular weight is 430 g/mol. The Morgan fingerprint density at radius 2 is 2.17 bits per heavy atom. The van der Waals surface area contributed by atoms with Gasteiger partial charge in [0.05, 0.1) is 29.2 Å². The predicted octanol–water partition coefficient (Wildman–Crippen LogP) is 2.57. The molecule has 0 bridgehead atoms. The van der Waals surface area contributed by atoms with Crippen LogP contribution in [0, 0.1) is 22.6 Å². The van der Waals surface area contributed by atoms with Crippen molar-refractivity contribution in [1.82, 2.24) is 4.98 Å². The zero-order valence-corrected chi connectivity index (χ0v) is 16.7. The zero-order valence-electron chi connectivity index (χ0n) is 15.9. The minimum Gasteiger partial charge on any atom is -0.465 e. The number of aliphatic imine (C=N–C) groups is 1. The zero-order chi connectivity index (χ0) is 21.5. The highest BCUT2D eigenvalue weighted by Crippen LogP contribution is 2.51. The number of amides is 1. The highest BCUT2D eigenvalue weighted by Gasteiger charge is 2.58. The first-order valence-corrected chi connectivity index (χ1v) is 9.39. The van der Waals surface area contributed by atoms with Crippen LogP contribution in [0.4, 0.5) is 10.1 Å². The topological polar surface area (TPSA) is 123 Å². The molecule has 154 valence electrons. The molecule has 10 heteroatoms. The number of carbonyl (C=O) groups is 1. The van der Waals surface area contributed by atoms with Crippen molar-refractivity contribution in [1.29, 1.82) is 5.26 Å². The van der Waals surface area contributed by atoms with Crippen molar-refractivity contribution in [2.75, 3.05) is 25.1 Å². The molecule has 2 aliphatic heterocycles. The van der Waals surface area contributed by atoms with Crippen LogP contribution in [-0.2, 0) is 15.0 Å². The van der Waals surface area contributed by atoms with Crippen LogP contribution in [0.5, 0.6) is 0 Å². The van der Waals surface area contributed by atoms with E-state index >= 15 is 0 Å². The summed E-state index contributed by atoms with van der Waals surface area (Å²) in [5.41, 5.74) is 4.83. The van der Waals surface area contributed by atoms with Crippen LogP contribution in [-0.4, -0.2) is 36.7 Å². The van der Waals surface area contributed by atoms with Gasteiger partial charge >= 0.3 is 0 Å². The van der Waals surface area contributed by atoms with Crippen molar-refractivity contribution < 1.29 is 18.7 Å². The van der Waals surface area contributed by atoms with Gasteiger partial charge in [0.15, 0.2) is 0 Å². The van der Waals surface area contributed by atoms with Crippen molar-refractivity contribution in [3.05, 3.63) is 58.1 Å². The Morgan fingerprint density at radius 1 is 1.37 bits per heavy atom. The van der Waals surface area contributed by atoms with Crippen molar-refractivity contribution >= 4 is 29.2 Å². The summed E-state index contributed by atoms with van der Waals surface area (Å²) in [6.45, 7) is 2.57. The summed E-state index contributed by atoms with van der Waals surface area (Å²) in [7, 11) is 0. The number of aromatic nitrogens is 1. The van der Waals surface area contributed by atoms with Gasteiger partial charge < -0.3 is 20.5 Å². The van der Waals surface area contributed by atoms with Crippen molar-refractivity contribution in [2.24, 2.45) is 16.1 Å². The van der Waals surface area contributed by atoms with Crippen LogP contribution in [0.2, 0.25) is 5.02 Å². The minimum atomic E-state index is -1.08. The lowest BCUT2D eigenvalue weighted by atomic mass is 9.69. The van der Waals surface area contributed by atoms with E-state index in [4.69, 9.17) is 32.1 Å². The molecule has 8 nitrogen and oxygen atoms in total. The summed E-state index contributed by atoms with van der Waals surface area (Å²) in [5, 5.41) is 11.6. The molecular weight excluding hydrogens is 413 g/mol. The van der Waals surface area contributed by atoms with Gasteiger partial charge in [-0.2, -0.15) is 5.26 Å². The Balaban J connectivity index is 1.70. The summed E-state index contributed by atoms with van der Waals surface area (Å²) in [5.74, 6) is -1.10. The maximum atomic E-state index is 14.9. The number of halogens is 2. The second kappa shape index (κ2) is 7.23. The van der Waals surface area contributed by atoms with Gasteiger partial charge in [-0.3, -0.25) is 4.79 Å². The van der Waals surface area contributed by atoms with E-state index in [0.717, 1.165) is 0 Å². The number of nitriles is 1. The number of hydrogen-bond donors (Lipinski definition) is 2. The van der Waals surface area contributed by atoms with Crippen LogP contribution < -0.4 is 11.1 Å². The molecule has 1 amide bonds. The van der Waals surface area contributed by atoms with E-state index in [1.54, 1.807) is 0 Å². The van der Waals surface area contributed by atoms with Crippen LogP contribution in [0.3, 0.4) is 0 Å². The van der Waals surface area contributed by atoms with E-state index in [2.05, 4.69) is 15.3 Å². The number of anilines is 1. The number of fused-ring (bicyclic) bond motifs is 1. The third-order valence-corrected chi connectivity index (χ3v) is 5.71. The smallest absolute Gasteiger partial charge is 0.282 e. The van der Waals surface area contributed by atoms with Crippen molar-refractivity contribution in [3.8, 4) is 6.07 Å². The fourth-order valence-corrected chi connectivity index (χ4v) is 3.99. The van der Waals surface area contributed by atoms with E-state index in [9.17, 15) is 9.18 Å². The van der Waals surface area contributed by atoms with Gasteiger partial charge in [-0.1, -0.05) is 18.5 Å². The molecule has 1 saturated heterocycles. The first kappa shape index (κ1) is 20.1. The van der Waals surface area contributed by atoms with E-state index in [-0.39, 0.29) is 41.1 Å². The fourth-order valence-electron chi connectivity index (χ4n) is 3.74. The molecule has 2 aliphatic rings. The number of amidine groups is 1. The number of rotatable bonds is 3. The van der Waals surface area contributed by atoms with Crippen LogP contribution in [0.15, 0.2) is 35.5 Å². The Kier molecular flexibility index (Phi) is 4.84. The fraction of sp³-hybridized carbons (Fsp3) is 0.300. The average Bonchev–Trinajstić information content (AvgIpc) is 3.06. The number of nitrogens with two attached hydrogens (primary N) is 1. The molecule has 2 atom stereocenters. The van der Waals surface area contributed by atoms with Gasteiger partial charge in [-0.25, -0.2) is 14.4 Å². The molecule has 0 aliphatic carbocycles. The Bertz CT molecular complexity index is 1120. The standard InChI is InChI=1S/C20H17ClFN5O3/c1-19-8-29-10-20(19,27-18(24)30-9-19)13-5-12(2-3-15(13)22)26-17(28)16-14(21)4-11(6-23)7-25-16/h2-5,7H,8-10H2,1H3,(H2,24,27)(H,26,28)/t19-,20+/m0/s1. The van der Waals surface area contributed by atoms with E-state index in [0.29, 0.717) is 12.3 Å². The highest BCUT2D eigenvalue weighted by atomic mass is 35.5. The number of pyridine rings is 1. The summed E-state index contributed by atoms with van der Waals surface area (Å²) in [6, 6.07) is 7.37. The first-order valence-electron chi connectivity index (χ1n) is 9.01. The summed E-state index contributed by atoms with van der Waals surface area (Å²) < 4.78 is 25.9. The predicted molar refractivity (Wildman–Crippen MR) is 106 cm³/mol. The number of ether oxygens (including phenoxy) is 2. The lowest BCUT2D eigenvalue weighted by molar-refractivity contribution is 0.0665. The van der Waals surface area contributed by atoms with Crippen LogP contribution >= 0.6 is 11.6 Å². The maximum absolute atomic E-state index is 14.9. The molecule has 3 N–H and O–H groups in total. The number of nitrogens with zero attached hydrogens (tertiary/aromatic N) is 3. The van der Waals surface area contributed by atoms with E-state index in [1.807, 2.05) is 13.0 Å². The molecule has 1 fully saturated rings. The van der Waals surface area contributed by atoms with E-state index in [1.165, 1.54) is 30.5 Å². The lowest BCUT2D eigenvalue weighted by Gasteiger charge is -2.42. The molecule has 0 unspecified atom stereocenters. The molecule has 0 saturated carbocycles. The Hall–Kier alpha value is -3.22. The molecule has 1 aromatic heterocycles. The molecule has 0 radical (unpaired) electrons. The van der Waals surface area contributed by atoms with Gasteiger partial charge in [-0.15, -0.1) is 0 Å². The quantitative estimate of drug-likeness (QED) is 0.773. The summed E-state index contributed by atoms with van der Waals surface area (Å²) >= 11 is 6.06. The second-order valence-corrected chi connectivity index (χ2v) is 7.87. The lowest BCUT2D eigenvalue weighted by Crippen LogP contribution is -2.50. The molecule has 4 rings (SSSR count). The third-order valence-electron chi connectivity index (χ3n) is 5.42. The van der Waals surface area contributed by atoms with Gasteiger partial charge in [0.2, 0.25) is 0 Å². The molecule has 30 heavy (non-hydrogen) atoms. The Morgan fingerprint density at radius 3 is 2.90 bits per heavy atom.